The molecule has 0 unspecified atom stereocenters. The highest BCUT2D eigenvalue weighted by Crippen LogP contribution is 2.32. The Balaban J connectivity index is 1.63. The van der Waals surface area contributed by atoms with Crippen LogP contribution in [0.25, 0.3) is 10.9 Å². The van der Waals surface area contributed by atoms with Crippen LogP contribution in [0.5, 0.6) is 0 Å². The van der Waals surface area contributed by atoms with Crippen molar-refractivity contribution in [1.29, 1.82) is 0 Å². The highest BCUT2D eigenvalue weighted by molar-refractivity contribution is 7.90. The monoisotopic (exact) mass is 367 g/mol. The smallest absolute Gasteiger partial charge is 0.175 e. The average molecular weight is 367 g/mol. The molecule has 1 aromatic heterocycles. The number of piperidine rings is 1. The number of fused-ring (bicyclic) bond motifs is 1. The van der Waals surface area contributed by atoms with E-state index in [0.717, 1.165) is 42.7 Å². The van der Waals surface area contributed by atoms with E-state index >= 15 is 0 Å². The second-order valence-electron chi connectivity index (χ2n) is 6.82. The summed E-state index contributed by atoms with van der Waals surface area (Å²) in [7, 11) is -3.26. The molecule has 0 amide bonds. The summed E-state index contributed by atoms with van der Waals surface area (Å²) in [5.74, 6) is 1.39. The summed E-state index contributed by atoms with van der Waals surface area (Å²) < 4.78 is 23.8. The molecule has 3 aromatic rings. The molecule has 6 heteroatoms. The number of rotatable bonds is 3. The molecule has 5 nitrogen and oxygen atoms in total. The van der Waals surface area contributed by atoms with Gasteiger partial charge >= 0.3 is 0 Å². The van der Waals surface area contributed by atoms with E-state index in [0.29, 0.717) is 10.8 Å². The summed E-state index contributed by atoms with van der Waals surface area (Å²) in [5, 5.41) is 0.800. The topological polar surface area (TPSA) is 63.2 Å². The van der Waals surface area contributed by atoms with Gasteiger partial charge in [-0.3, -0.25) is 0 Å². The Bertz CT molecular complexity index is 1030. The van der Waals surface area contributed by atoms with E-state index in [4.69, 9.17) is 0 Å². The van der Waals surface area contributed by atoms with E-state index < -0.39 is 9.84 Å². The molecule has 0 radical (unpaired) electrons. The standard InChI is InChI=1S/C20H21N3O2S/c1-26(24,25)17-7-8-19-18(13-17)20(22-14-21-19)23-11-9-16(10-12-23)15-5-3-2-4-6-15/h2-8,13-14,16H,9-12H2,1H3. The van der Waals surface area contributed by atoms with Crippen LogP contribution in [-0.4, -0.2) is 37.7 Å². The van der Waals surface area contributed by atoms with Crippen LogP contribution in [0, 0.1) is 0 Å². The van der Waals surface area contributed by atoms with Gasteiger partial charge < -0.3 is 4.90 Å². The summed E-state index contributed by atoms with van der Waals surface area (Å²) in [4.78, 5) is 11.3. The lowest BCUT2D eigenvalue weighted by molar-refractivity contribution is 0.503. The third kappa shape index (κ3) is 3.29. The zero-order valence-corrected chi connectivity index (χ0v) is 15.5. The first-order valence-electron chi connectivity index (χ1n) is 8.77. The van der Waals surface area contributed by atoms with E-state index in [9.17, 15) is 8.42 Å². The molecule has 0 saturated carbocycles. The van der Waals surface area contributed by atoms with Crippen LogP contribution in [0.15, 0.2) is 59.8 Å². The molecule has 26 heavy (non-hydrogen) atoms. The molecule has 2 aromatic carbocycles. The fraction of sp³-hybridized carbons (Fsp3) is 0.300. The average Bonchev–Trinajstić information content (AvgIpc) is 2.67. The van der Waals surface area contributed by atoms with Crippen molar-refractivity contribution >= 4 is 26.6 Å². The summed E-state index contributed by atoms with van der Waals surface area (Å²) in [6.07, 6.45) is 4.90. The quantitative estimate of drug-likeness (QED) is 0.710. The number of hydrogen-bond acceptors (Lipinski definition) is 5. The van der Waals surface area contributed by atoms with Gasteiger partial charge in [0, 0.05) is 24.7 Å². The molecule has 0 N–H and O–H groups in total. The maximum atomic E-state index is 11.9. The van der Waals surface area contributed by atoms with Crippen LogP contribution in [0.3, 0.4) is 0 Å². The zero-order chi connectivity index (χ0) is 18.1. The third-order valence-electron chi connectivity index (χ3n) is 5.08. The first-order valence-corrected chi connectivity index (χ1v) is 10.7. The van der Waals surface area contributed by atoms with Crippen molar-refractivity contribution in [2.75, 3.05) is 24.2 Å². The molecule has 2 heterocycles. The minimum Gasteiger partial charge on any atom is -0.356 e. The maximum absolute atomic E-state index is 11.9. The minimum absolute atomic E-state index is 0.306. The fourth-order valence-corrected chi connectivity index (χ4v) is 4.30. The fourth-order valence-electron chi connectivity index (χ4n) is 3.65. The van der Waals surface area contributed by atoms with Crippen LogP contribution in [0.4, 0.5) is 5.82 Å². The van der Waals surface area contributed by atoms with Crippen molar-refractivity contribution in [3.8, 4) is 0 Å². The maximum Gasteiger partial charge on any atom is 0.175 e. The number of sulfone groups is 1. The Hall–Kier alpha value is -2.47. The lowest BCUT2D eigenvalue weighted by Crippen LogP contribution is -2.33. The van der Waals surface area contributed by atoms with Gasteiger partial charge in [-0.25, -0.2) is 18.4 Å². The molecular formula is C20H21N3O2S. The molecular weight excluding hydrogens is 346 g/mol. The van der Waals surface area contributed by atoms with Gasteiger partial charge in [-0.15, -0.1) is 0 Å². The predicted molar refractivity (Wildman–Crippen MR) is 103 cm³/mol. The first-order chi connectivity index (χ1) is 12.5. The lowest BCUT2D eigenvalue weighted by Gasteiger charge is -2.33. The molecule has 4 rings (SSSR count). The van der Waals surface area contributed by atoms with Crippen molar-refractivity contribution in [2.45, 2.75) is 23.7 Å². The number of benzene rings is 2. The molecule has 134 valence electrons. The summed E-state index contributed by atoms with van der Waals surface area (Å²) in [5.41, 5.74) is 2.16. The van der Waals surface area contributed by atoms with E-state index in [1.807, 2.05) is 6.07 Å². The Morgan fingerprint density at radius 2 is 1.73 bits per heavy atom. The normalized spacial score (nSPS) is 16.1. The molecule has 1 aliphatic rings. The van der Waals surface area contributed by atoms with Gasteiger partial charge in [0.2, 0.25) is 0 Å². The van der Waals surface area contributed by atoms with Crippen LogP contribution in [0.2, 0.25) is 0 Å². The van der Waals surface area contributed by atoms with E-state index in [-0.39, 0.29) is 0 Å². The molecule has 1 fully saturated rings. The van der Waals surface area contributed by atoms with Gasteiger partial charge in [0.15, 0.2) is 9.84 Å². The van der Waals surface area contributed by atoms with Crippen LogP contribution in [-0.2, 0) is 9.84 Å². The summed E-state index contributed by atoms with van der Waals surface area (Å²) in [6, 6.07) is 15.7. The Labute approximate surface area is 153 Å². The van der Waals surface area contributed by atoms with Crippen molar-refractivity contribution in [1.82, 2.24) is 9.97 Å². The molecule has 1 aliphatic heterocycles. The van der Waals surface area contributed by atoms with Gasteiger partial charge in [0.05, 0.1) is 10.4 Å². The van der Waals surface area contributed by atoms with E-state index in [1.165, 1.54) is 11.8 Å². The van der Waals surface area contributed by atoms with Crippen LogP contribution in [0.1, 0.15) is 24.3 Å². The van der Waals surface area contributed by atoms with Crippen LogP contribution < -0.4 is 4.90 Å². The SMILES string of the molecule is CS(=O)(=O)c1ccc2ncnc(N3CCC(c4ccccc4)CC3)c2c1. The third-order valence-corrected chi connectivity index (χ3v) is 6.19. The molecule has 0 atom stereocenters. The van der Waals surface area contributed by atoms with Gasteiger partial charge in [-0.1, -0.05) is 30.3 Å². The second kappa shape index (κ2) is 6.68. The molecule has 0 aliphatic carbocycles. The Kier molecular flexibility index (Phi) is 4.36. The largest absolute Gasteiger partial charge is 0.356 e. The highest BCUT2D eigenvalue weighted by Gasteiger charge is 2.23. The molecule has 0 spiro atoms. The zero-order valence-electron chi connectivity index (χ0n) is 14.7. The number of aromatic nitrogens is 2. The van der Waals surface area contributed by atoms with Gasteiger partial charge in [0.25, 0.3) is 0 Å². The predicted octanol–water partition coefficient (Wildman–Crippen LogP) is 3.42. The second-order valence-corrected chi connectivity index (χ2v) is 8.84. The van der Waals surface area contributed by atoms with E-state index in [1.54, 1.807) is 24.5 Å². The Morgan fingerprint density at radius 3 is 2.42 bits per heavy atom. The number of nitrogens with zero attached hydrogens (tertiary/aromatic N) is 3. The van der Waals surface area contributed by atoms with E-state index in [2.05, 4.69) is 39.1 Å². The molecule has 0 bridgehead atoms. The summed E-state index contributed by atoms with van der Waals surface area (Å²) in [6.45, 7) is 1.80. The first kappa shape index (κ1) is 17.0. The van der Waals surface area contributed by atoms with Crippen molar-refractivity contribution in [3.05, 3.63) is 60.4 Å². The number of anilines is 1. The van der Waals surface area contributed by atoms with Crippen molar-refractivity contribution in [3.63, 3.8) is 0 Å². The lowest BCUT2D eigenvalue weighted by atomic mass is 9.89. The van der Waals surface area contributed by atoms with Gasteiger partial charge in [0.1, 0.15) is 12.1 Å². The van der Waals surface area contributed by atoms with Crippen molar-refractivity contribution < 1.29 is 8.42 Å². The Morgan fingerprint density at radius 1 is 1.00 bits per heavy atom. The van der Waals surface area contributed by atoms with Gasteiger partial charge in [-0.05, 0) is 42.5 Å². The van der Waals surface area contributed by atoms with Crippen LogP contribution >= 0.6 is 0 Å². The minimum atomic E-state index is -3.26. The van der Waals surface area contributed by atoms with Gasteiger partial charge in [-0.2, -0.15) is 0 Å². The molecule has 1 saturated heterocycles. The number of hydrogen-bond donors (Lipinski definition) is 0. The highest BCUT2D eigenvalue weighted by atomic mass is 32.2. The summed E-state index contributed by atoms with van der Waals surface area (Å²) >= 11 is 0. The van der Waals surface area contributed by atoms with Crippen molar-refractivity contribution in [2.24, 2.45) is 0 Å².